The van der Waals surface area contributed by atoms with Gasteiger partial charge in [-0.15, -0.1) is 0 Å². The lowest BCUT2D eigenvalue weighted by molar-refractivity contribution is 0.100. The van der Waals surface area contributed by atoms with Crippen LogP contribution in [0.1, 0.15) is 54.1 Å². The summed E-state index contributed by atoms with van der Waals surface area (Å²) in [6.07, 6.45) is 4.96. The van der Waals surface area contributed by atoms with E-state index in [1.54, 1.807) is 12.1 Å². The molecular formula is C23H30N4O. The summed E-state index contributed by atoms with van der Waals surface area (Å²) in [6.45, 7) is 4.31. The van der Waals surface area contributed by atoms with E-state index in [9.17, 15) is 4.79 Å². The van der Waals surface area contributed by atoms with Crippen LogP contribution in [0.2, 0.25) is 0 Å². The molecule has 1 aliphatic carbocycles. The average Bonchev–Trinajstić information content (AvgIpc) is 3.21. The number of rotatable bonds is 7. The Kier molecular flexibility index (Phi) is 6.69. The number of carbonyl (C=O) groups excluding carboxylic acids is 1. The summed E-state index contributed by atoms with van der Waals surface area (Å²) < 4.78 is 0. The smallest absolute Gasteiger partial charge is 0.248 e. The SMILES string of the molecule is CCNC(=NCc1ccc(C(N)=O)cc1)NCC1(c2ccccc2)CCCC1. The van der Waals surface area contributed by atoms with Crippen molar-refractivity contribution >= 4 is 11.9 Å². The van der Waals surface area contributed by atoms with Gasteiger partial charge in [0.05, 0.1) is 6.54 Å². The monoisotopic (exact) mass is 378 g/mol. The van der Waals surface area contributed by atoms with E-state index in [-0.39, 0.29) is 5.41 Å². The number of hydrogen-bond donors (Lipinski definition) is 3. The Morgan fingerprint density at radius 3 is 2.32 bits per heavy atom. The number of nitrogens with zero attached hydrogens (tertiary/aromatic N) is 1. The van der Waals surface area contributed by atoms with E-state index in [1.165, 1.54) is 31.2 Å². The fourth-order valence-electron chi connectivity index (χ4n) is 3.95. The first-order valence-electron chi connectivity index (χ1n) is 10.1. The molecule has 148 valence electrons. The number of aliphatic imine (C=N–C) groups is 1. The molecule has 0 radical (unpaired) electrons. The van der Waals surface area contributed by atoms with Crippen molar-refractivity contribution in [2.75, 3.05) is 13.1 Å². The fourth-order valence-corrected chi connectivity index (χ4v) is 3.95. The molecule has 0 spiro atoms. The Morgan fingerprint density at radius 2 is 1.71 bits per heavy atom. The number of amides is 1. The second kappa shape index (κ2) is 9.40. The maximum absolute atomic E-state index is 11.2. The molecule has 0 unspecified atom stereocenters. The van der Waals surface area contributed by atoms with E-state index in [0.717, 1.165) is 24.6 Å². The van der Waals surface area contributed by atoms with Gasteiger partial charge < -0.3 is 16.4 Å². The maximum atomic E-state index is 11.2. The summed E-state index contributed by atoms with van der Waals surface area (Å²) in [6, 6.07) is 18.1. The Bertz CT molecular complexity index is 793. The minimum atomic E-state index is -0.409. The summed E-state index contributed by atoms with van der Waals surface area (Å²) in [5, 5.41) is 6.91. The standard InChI is InChI=1S/C23H30N4O/c1-2-25-22(26-16-18-10-12-19(13-11-18)21(24)28)27-17-23(14-6-7-15-23)20-8-4-3-5-9-20/h3-5,8-13H,2,6-7,14-17H2,1H3,(H2,24,28)(H2,25,26,27). The Balaban J connectivity index is 1.68. The van der Waals surface area contributed by atoms with Crippen LogP contribution in [-0.2, 0) is 12.0 Å². The summed E-state index contributed by atoms with van der Waals surface area (Å²) >= 11 is 0. The van der Waals surface area contributed by atoms with Gasteiger partial charge in [-0.3, -0.25) is 4.79 Å². The normalized spacial score (nSPS) is 16.0. The van der Waals surface area contributed by atoms with Crippen molar-refractivity contribution in [2.45, 2.75) is 44.6 Å². The molecule has 4 N–H and O–H groups in total. The van der Waals surface area contributed by atoms with E-state index in [4.69, 9.17) is 10.7 Å². The molecule has 0 atom stereocenters. The quantitative estimate of drug-likeness (QED) is 0.511. The topological polar surface area (TPSA) is 79.5 Å². The van der Waals surface area contributed by atoms with E-state index in [2.05, 4.69) is 47.9 Å². The van der Waals surface area contributed by atoms with E-state index in [1.807, 2.05) is 12.1 Å². The number of nitrogens with two attached hydrogens (primary N) is 1. The molecule has 3 rings (SSSR count). The highest BCUT2D eigenvalue weighted by Gasteiger charge is 2.35. The molecule has 0 aromatic heterocycles. The molecule has 0 saturated heterocycles. The highest BCUT2D eigenvalue weighted by Crippen LogP contribution is 2.40. The second-order valence-electron chi connectivity index (χ2n) is 7.46. The third-order valence-electron chi connectivity index (χ3n) is 5.54. The number of hydrogen-bond acceptors (Lipinski definition) is 2. The number of primary amides is 1. The van der Waals surface area contributed by atoms with Crippen molar-refractivity contribution in [1.29, 1.82) is 0 Å². The van der Waals surface area contributed by atoms with Gasteiger partial charge in [0, 0.05) is 24.1 Å². The summed E-state index contributed by atoms with van der Waals surface area (Å²) in [5.74, 6) is 0.413. The lowest BCUT2D eigenvalue weighted by atomic mass is 9.79. The maximum Gasteiger partial charge on any atom is 0.248 e. The van der Waals surface area contributed by atoms with Crippen LogP contribution in [0.25, 0.3) is 0 Å². The first-order valence-corrected chi connectivity index (χ1v) is 10.1. The van der Waals surface area contributed by atoms with Gasteiger partial charge in [-0.05, 0) is 43.0 Å². The number of benzene rings is 2. The molecule has 0 aliphatic heterocycles. The second-order valence-corrected chi connectivity index (χ2v) is 7.46. The number of guanidine groups is 1. The predicted octanol–water partition coefficient (Wildman–Crippen LogP) is 3.35. The molecule has 5 nitrogen and oxygen atoms in total. The lowest BCUT2D eigenvalue weighted by Gasteiger charge is -2.30. The third kappa shape index (κ3) is 4.91. The molecule has 2 aromatic carbocycles. The Hall–Kier alpha value is -2.82. The molecule has 0 heterocycles. The predicted molar refractivity (Wildman–Crippen MR) is 114 cm³/mol. The van der Waals surface area contributed by atoms with E-state index < -0.39 is 5.91 Å². The van der Waals surface area contributed by atoms with Crippen molar-refractivity contribution in [1.82, 2.24) is 10.6 Å². The van der Waals surface area contributed by atoms with E-state index >= 15 is 0 Å². The Morgan fingerprint density at radius 1 is 1.04 bits per heavy atom. The van der Waals surface area contributed by atoms with Gasteiger partial charge in [0.1, 0.15) is 0 Å². The van der Waals surface area contributed by atoms with Gasteiger partial charge >= 0.3 is 0 Å². The van der Waals surface area contributed by atoms with Gasteiger partial charge in [0.15, 0.2) is 5.96 Å². The zero-order valence-electron chi connectivity index (χ0n) is 16.6. The van der Waals surface area contributed by atoms with Crippen LogP contribution in [0.4, 0.5) is 0 Å². The lowest BCUT2D eigenvalue weighted by Crippen LogP contribution is -2.44. The highest BCUT2D eigenvalue weighted by atomic mass is 16.1. The Labute approximate surface area is 167 Å². The summed E-state index contributed by atoms with van der Waals surface area (Å²) in [5.41, 5.74) is 8.45. The third-order valence-corrected chi connectivity index (χ3v) is 5.54. The first kappa shape index (κ1) is 19.9. The van der Waals surface area contributed by atoms with Crippen LogP contribution < -0.4 is 16.4 Å². The van der Waals surface area contributed by atoms with Crippen molar-refractivity contribution in [3.8, 4) is 0 Å². The number of carbonyl (C=O) groups is 1. The zero-order chi connectivity index (χ0) is 19.8. The molecule has 5 heteroatoms. The minimum Gasteiger partial charge on any atom is -0.366 e. The largest absolute Gasteiger partial charge is 0.366 e. The van der Waals surface area contributed by atoms with Crippen molar-refractivity contribution in [3.05, 3.63) is 71.3 Å². The van der Waals surface area contributed by atoms with Gasteiger partial charge in [-0.2, -0.15) is 0 Å². The van der Waals surface area contributed by atoms with Crippen molar-refractivity contribution in [3.63, 3.8) is 0 Å². The first-order chi connectivity index (χ1) is 13.6. The van der Waals surface area contributed by atoms with Gasteiger partial charge in [0.2, 0.25) is 5.91 Å². The van der Waals surface area contributed by atoms with Crippen LogP contribution in [0, 0.1) is 0 Å². The molecule has 1 saturated carbocycles. The number of nitrogens with one attached hydrogen (secondary N) is 2. The summed E-state index contributed by atoms with van der Waals surface area (Å²) in [7, 11) is 0. The van der Waals surface area contributed by atoms with Gasteiger partial charge in [0.25, 0.3) is 0 Å². The average molecular weight is 379 g/mol. The van der Waals surface area contributed by atoms with Crippen LogP contribution in [0.15, 0.2) is 59.6 Å². The summed E-state index contributed by atoms with van der Waals surface area (Å²) in [4.78, 5) is 15.9. The van der Waals surface area contributed by atoms with Gasteiger partial charge in [-0.1, -0.05) is 55.3 Å². The van der Waals surface area contributed by atoms with Crippen LogP contribution >= 0.6 is 0 Å². The molecule has 2 aromatic rings. The molecular weight excluding hydrogens is 348 g/mol. The fraction of sp³-hybridized carbons (Fsp3) is 0.391. The van der Waals surface area contributed by atoms with E-state index in [0.29, 0.717) is 12.1 Å². The molecule has 1 amide bonds. The molecule has 0 bridgehead atoms. The molecule has 1 fully saturated rings. The molecule has 28 heavy (non-hydrogen) atoms. The van der Waals surface area contributed by atoms with Crippen LogP contribution in [0.3, 0.4) is 0 Å². The van der Waals surface area contributed by atoms with Crippen molar-refractivity contribution in [2.24, 2.45) is 10.7 Å². The minimum absolute atomic E-state index is 0.181. The van der Waals surface area contributed by atoms with Crippen LogP contribution in [-0.4, -0.2) is 25.0 Å². The van der Waals surface area contributed by atoms with Gasteiger partial charge in [-0.25, -0.2) is 4.99 Å². The van der Waals surface area contributed by atoms with Crippen molar-refractivity contribution < 1.29 is 4.79 Å². The highest BCUT2D eigenvalue weighted by molar-refractivity contribution is 5.92. The van der Waals surface area contributed by atoms with Crippen LogP contribution in [0.5, 0.6) is 0 Å². The molecule has 1 aliphatic rings. The zero-order valence-corrected chi connectivity index (χ0v) is 16.6.